The maximum Gasteiger partial charge on any atom is 0.0518 e. The van der Waals surface area contributed by atoms with Crippen LogP contribution in [-0.2, 0) is 13.6 Å². The van der Waals surface area contributed by atoms with E-state index in [-0.39, 0.29) is 0 Å². The summed E-state index contributed by atoms with van der Waals surface area (Å²) in [5.74, 6) is 0. The summed E-state index contributed by atoms with van der Waals surface area (Å²) in [6.45, 7) is 0.959. The molecule has 3 nitrogen and oxygen atoms in total. The Morgan fingerprint density at radius 2 is 2.21 bits per heavy atom. The smallest absolute Gasteiger partial charge is 0.0518 e. The molecule has 0 amide bonds. The molecule has 1 heterocycles. The Kier molecular flexibility index (Phi) is 3.19. The number of hydrogen-bond donors (Lipinski definition) is 1. The van der Waals surface area contributed by atoms with Gasteiger partial charge in [-0.1, -0.05) is 19.3 Å². The van der Waals surface area contributed by atoms with Crippen LogP contribution in [0.5, 0.6) is 0 Å². The van der Waals surface area contributed by atoms with Crippen LogP contribution in [0.15, 0.2) is 12.3 Å². The SMILES string of the molecule is Cn1nccc1CNC1CCCCC1. The second-order valence-electron chi connectivity index (χ2n) is 4.16. The van der Waals surface area contributed by atoms with E-state index >= 15 is 0 Å². The predicted molar refractivity (Wildman–Crippen MR) is 56.9 cm³/mol. The van der Waals surface area contributed by atoms with Gasteiger partial charge in [-0.15, -0.1) is 0 Å². The highest BCUT2D eigenvalue weighted by atomic mass is 15.3. The first kappa shape index (κ1) is 9.71. The molecule has 0 saturated heterocycles. The van der Waals surface area contributed by atoms with Crippen LogP contribution in [0.2, 0.25) is 0 Å². The molecule has 1 saturated carbocycles. The average molecular weight is 193 g/mol. The van der Waals surface area contributed by atoms with Crippen molar-refractivity contribution in [2.75, 3.05) is 0 Å². The number of hydrogen-bond acceptors (Lipinski definition) is 2. The van der Waals surface area contributed by atoms with Gasteiger partial charge in [0.1, 0.15) is 0 Å². The summed E-state index contributed by atoms with van der Waals surface area (Å²) in [4.78, 5) is 0. The van der Waals surface area contributed by atoms with Gasteiger partial charge in [0.25, 0.3) is 0 Å². The Morgan fingerprint density at radius 3 is 2.86 bits per heavy atom. The van der Waals surface area contributed by atoms with Crippen molar-refractivity contribution in [1.29, 1.82) is 0 Å². The highest BCUT2D eigenvalue weighted by Gasteiger charge is 2.12. The first-order valence-electron chi connectivity index (χ1n) is 5.56. The Bertz CT molecular complexity index is 274. The molecule has 1 aromatic heterocycles. The monoisotopic (exact) mass is 193 g/mol. The second kappa shape index (κ2) is 4.60. The van der Waals surface area contributed by atoms with Gasteiger partial charge in [0.2, 0.25) is 0 Å². The summed E-state index contributed by atoms with van der Waals surface area (Å²) in [6.07, 6.45) is 8.75. The predicted octanol–water partition coefficient (Wildman–Crippen LogP) is 1.84. The lowest BCUT2D eigenvalue weighted by Crippen LogP contribution is -2.31. The minimum absolute atomic E-state index is 0.735. The summed E-state index contributed by atoms with van der Waals surface area (Å²) in [7, 11) is 2.00. The third kappa shape index (κ3) is 2.35. The molecule has 0 spiro atoms. The normalized spacial score (nSPS) is 18.6. The van der Waals surface area contributed by atoms with Gasteiger partial charge < -0.3 is 5.32 Å². The van der Waals surface area contributed by atoms with Crippen molar-refractivity contribution in [2.45, 2.75) is 44.7 Å². The van der Waals surface area contributed by atoms with Crippen molar-refractivity contribution < 1.29 is 0 Å². The van der Waals surface area contributed by atoms with E-state index < -0.39 is 0 Å². The molecule has 1 aliphatic rings. The average Bonchev–Trinajstić information content (AvgIpc) is 2.63. The van der Waals surface area contributed by atoms with Crippen molar-refractivity contribution in [1.82, 2.24) is 15.1 Å². The van der Waals surface area contributed by atoms with E-state index in [9.17, 15) is 0 Å². The van der Waals surface area contributed by atoms with E-state index in [0.29, 0.717) is 0 Å². The molecule has 3 heteroatoms. The summed E-state index contributed by atoms with van der Waals surface area (Å²) in [6, 6.07) is 2.81. The van der Waals surface area contributed by atoms with Gasteiger partial charge in [-0.3, -0.25) is 4.68 Å². The minimum atomic E-state index is 0.735. The first-order valence-corrected chi connectivity index (χ1v) is 5.56. The largest absolute Gasteiger partial charge is 0.308 e. The lowest BCUT2D eigenvalue weighted by atomic mass is 9.95. The van der Waals surface area contributed by atoms with Crippen molar-refractivity contribution in [3.63, 3.8) is 0 Å². The molecule has 0 atom stereocenters. The molecule has 0 radical (unpaired) electrons. The molecule has 14 heavy (non-hydrogen) atoms. The van der Waals surface area contributed by atoms with Crippen LogP contribution in [0.4, 0.5) is 0 Å². The van der Waals surface area contributed by atoms with Crippen LogP contribution in [0.1, 0.15) is 37.8 Å². The maximum atomic E-state index is 4.16. The van der Waals surface area contributed by atoms with Gasteiger partial charge in [0.05, 0.1) is 5.69 Å². The number of nitrogens with zero attached hydrogens (tertiary/aromatic N) is 2. The molecule has 2 rings (SSSR count). The van der Waals surface area contributed by atoms with Crippen molar-refractivity contribution >= 4 is 0 Å². The number of nitrogens with one attached hydrogen (secondary N) is 1. The molecule has 1 N–H and O–H groups in total. The van der Waals surface area contributed by atoms with Crippen LogP contribution >= 0.6 is 0 Å². The van der Waals surface area contributed by atoms with Crippen LogP contribution in [0, 0.1) is 0 Å². The highest BCUT2D eigenvalue weighted by molar-refractivity contribution is 4.99. The summed E-state index contributed by atoms with van der Waals surface area (Å²) >= 11 is 0. The van der Waals surface area contributed by atoms with Gasteiger partial charge in [0, 0.05) is 25.8 Å². The zero-order valence-electron chi connectivity index (χ0n) is 8.87. The number of aryl methyl sites for hydroxylation is 1. The summed E-state index contributed by atoms with van der Waals surface area (Å²) in [5, 5.41) is 7.76. The fraction of sp³-hybridized carbons (Fsp3) is 0.727. The molecule has 1 fully saturated rings. The third-order valence-electron chi connectivity index (χ3n) is 3.10. The molecule has 78 valence electrons. The molecule has 1 aliphatic carbocycles. The van der Waals surface area contributed by atoms with E-state index in [2.05, 4.69) is 16.5 Å². The Hall–Kier alpha value is -0.830. The van der Waals surface area contributed by atoms with E-state index in [1.807, 2.05) is 17.9 Å². The van der Waals surface area contributed by atoms with Gasteiger partial charge in [-0.05, 0) is 18.9 Å². The number of rotatable bonds is 3. The molecule has 1 aromatic rings. The molecular weight excluding hydrogens is 174 g/mol. The van der Waals surface area contributed by atoms with E-state index in [4.69, 9.17) is 0 Å². The second-order valence-corrected chi connectivity index (χ2v) is 4.16. The zero-order chi connectivity index (χ0) is 9.80. The van der Waals surface area contributed by atoms with Crippen LogP contribution in [0.25, 0.3) is 0 Å². The van der Waals surface area contributed by atoms with Crippen molar-refractivity contribution in [3.8, 4) is 0 Å². The zero-order valence-corrected chi connectivity index (χ0v) is 8.87. The van der Waals surface area contributed by atoms with Crippen LogP contribution < -0.4 is 5.32 Å². The first-order chi connectivity index (χ1) is 6.86. The topological polar surface area (TPSA) is 29.9 Å². The van der Waals surface area contributed by atoms with E-state index in [1.165, 1.54) is 37.8 Å². The van der Waals surface area contributed by atoms with Crippen LogP contribution in [0.3, 0.4) is 0 Å². The molecule has 0 aliphatic heterocycles. The van der Waals surface area contributed by atoms with Crippen LogP contribution in [-0.4, -0.2) is 15.8 Å². The van der Waals surface area contributed by atoms with Crippen molar-refractivity contribution in [3.05, 3.63) is 18.0 Å². The quantitative estimate of drug-likeness (QED) is 0.794. The maximum absolute atomic E-state index is 4.16. The summed E-state index contributed by atoms with van der Waals surface area (Å²) in [5.41, 5.74) is 1.27. The number of aromatic nitrogens is 2. The lowest BCUT2D eigenvalue weighted by Gasteiger charge is -2.22. The van der Waals surface area contributed by atoms with E-state index in [0.717, 1.165) is 12.6 Å². The Balaban J connectivity index is 1.79. The Labute approximate surface area is 85.5 Å². The van der Waals surface area contributed by atoms with Gasteiger partial charge in [-0.2, -0.15) is 5.10 Å². The fourth-order valence-corrected chi connectivity index (χ4v) is 2.13. The Morgan fingerprint density at radius 1 is 1.43 bits per heavy atom. The van der Waals surface area contributed by atoms with Gasteiger partial charge in [-0.25, -0.2) is 0 Å². The van der Waals surface area contributed by atoms with Gasteiger partial charge in [0.15, 0.2) is 0 Å². The molecule has 0 unspecified atom stereocenters. The summed E-state index contributed by atoms with van der Waals surface area (Å²) < 4.78 is 1.94. The molecular formula is C11H19N3. The highest BCUT2D eigenvalue weighted by Crippen LogP contribution is 2.17. The van der Waals surface area contributed by atoms with Crippen molar-refractivity contribution in [2.24, 2.45) is 7.05 Å². The van der Waals surface area contributed by atoms with Gasteiger partial charge >= 0.3 is 0 Å². The van der Waals surface area contributed by atoms with E-state index in [1.54, 1.807) is 0 Å². The standard InChI is InChI=1S/C11H19N3/c1-14-11(7-8-13-14)9-12-10-5-3-2-4-6-10/h7-8,10,12H,2-6,9H2,1H3. The molecule has 0 aromatic carbocycles. The fourth-order valence-electron chi connectivity index (χ4n) is 2.13. The molecule has 0 bridgehead atoms. The third-order valence-corrected chi connectivity index (χ3v) is 3.10. The lowest BCUT2D eigenvalue weighted by molar-refractivity contribution is 0.368. The minimum Gasteiger partial charge on any atom is -0.308 e.